The topological polar surface area (TPSA) is 86.6 Å². The minimum absolute atomic E-state index is 0.0416. The van der Waals surface area contributed by atoms with Crippen LogP contribution >= 0.6 is 0 Å². The van der Waals surface area contributed by atoms with Gasteiger partial charge >= 0.3 is 6.01 Å². The van der Waals surface area contributed by atoms with E-state index in [4.69, 9.17) is 11.2 Å². The van der Waals surface area contributed by atoms with Crippen LogP contribution in [0.2, 0.25) is 0 Å². The van der Waals surface area contributed by atoms with Gasteiger partial charge in [-0.25, -0.2) is 8.78 Å². The monoisotopic (exact) mass is 618 g/mol. The van der Waals surface area contributed by atoms with Gasteiger partial charge in [-0.05, 0) is 68.4 Å². The minimum atomic E-state index is -1.80. The van der Waals surface area contributed by atoms with Crippen LogP contribution in [0.5, 0.6) is 11.8 Å². The summed E-state index contributed by atoms with van der Waals surface area (Å²) in [7, 11) is 0. The quantitative estimate of drug-likeness (QED) is 0.220. The number of hydrogen-bond acceptors (Lipinski definition) is 8. The molecule has 0 spiro atoms. The SMILES string of the molecule is C#Cc1c(F)ccc2cc(O)cc(-c3ncc4c(N5CCNC(C=C(F)F)C5)nc(OCC56CCCN5CCC6)nc4c3F)c12. The van der Waals surface area contributed by atoms with E-state index in [1.165, 1.54) is 30.5 Å². The molecule has 8 nitrogen and oxygen atoms in total. The number of ether oxygens (including phenoxy) is 1. The Morgan fingerprint density at radius 1 is 1.16 bits per heavy atom. The Bertz CT molecular complexity index is 1880. The number of nitrogens with zero attached hydrogens (tertiary/aromatic N) is 5. The highest BCUT2D eigenvalue weighted by atomic mass is 19.3. The third-order valence-corrected chi connectivity index (χ3v) is 9.21. The molecule has 0 radical (unpaired) electrons. The molecule has 45 heavy (non-hydrogen) atoms. The zero-order chi connectivity index (χ0) is 31.3. The number of anilines is 1. The van der Waals surface area contributed by atoms with E-state index in [1.807, 2.05) is 0 Å². The maximum absolute atomic E-state index is 16.7. The number of hydrogen-bond donors (Lipinski definition) is 2. The second-order valence-corrected chi connectivity index (χ2v) is 11.8. The van der Waals surface area contributed by atoms with Crippen molar-refractivity contribution in [3.8, 4) is 35.4 Å². The summed E-state index contributed by atoms with van der Waals surface area (Å²) in [5.74, 6) is 0.943. The maximum Gasteiger partial charge on any atom is 0.319 e. The molecule has 5 heterocycles. The fraction of sp³-hybridized carbons (Fsp3) is 0.364. The first-order valence-electron chi connectivity index (χ1n) is 14.9. The minimum Gasteiger partial charge on any atom is -0.508 e. The predicted molar refractivity (Wildman–Crippen MR) is 162 cm³/mol. The van der Waals surface area contributed by atoms with Gasteiger partial charge in [-0.15, -0.1) is 6.42 Å². The van der Waals surface area contributed by atoms with E-state index < -0.39 is 23.8 Å². The maximum atomic E-state index is 16.7. The van der Waals surface area contributed by atoms with Crippen LogP contribution < -0.4 is 15.0 Å². The van der Waals surface area contributed by atoms with Crippen molar-refractivity contribution in [3.05, 3.63) is 59.8 Å². The number of nitrogens with one attached hydrogen (secondary N) is 1. The number of phenols is 1. The van der Waals surface area contributed by atoms with Crippen LogP contribution in [0.4, 0.5) is 23.4 Å². The van der Waals surface area contributed by atoms with Gasteiger partial charge in [-0.2, -0.15) is 18.7 Å². The number of benzene rings is 2. The van der Waals surface area contributed by atoms with Gasteiger partial charge in [0.15, 0.2) is 5.82 Å². The molecule has 1 atom stereocenters. The molecule has 12 heteroatoms. The number of terminal acetylenes is 1. The van der Waals surface area contributed by atoms with Crippen LogP contribution in [0.3, 0.4) is 0 Å². The van der Waals surface area contributed by atoms with E-state index >= 15 is 4.39 Å². The zero-order valence-electron chi connectivity index (χ0n) is 24.3. The average Bonchev–Trinajstić information content (AvgIpc) is 3.60. The number of rotatable bonds is 6. The van der Waals surface area contributed by atoms with Crippen LogP contribution in [0.1, 0.15) is 31.2 Å². The van der Waals surface area contributed by atoms with Crippen molar-refractivity contribution < 1.29 is 27.4 Å². The molecule has 2 N–H and O–H groups in total. The number of pyridine rings is 1. The lowest BCUT2D eigenvalue weighted by Gasteiger charge is -2.34. The number of phenolic OH excluding ortho intramolecular Hbond substituents is 1. The van der Waals surface area contributed by atoms with Crippen molar-refractivity contribution in [2.24, 2.45) is 0 Å². The molecular formula is C33H30F4N6O2. The average molecular weight is 619 g/mol. The lowest BCUT2D eigenvalue weighted by atomic mass is 9.95. The van der Waals surface area contributed by atoms with Gasteiger partial charge in [-0.3, -0.25) is 9.88 Å². The first-order chi connectivity index (χ1) is 21.8. The second-order valence-electron chi connectivity index (χ2n) is 11.8. The molecule has 7 rings (SSSR count). The smallest absolute Gasteiger partial charge is 0.319 e. The summed E-state index contributed by atoms with van der Waals surface area (Å²) in [6.07, 6.45) is 10.2. The summed E-state index contributed by atoms with van der Waals surface area (Å²) in [4.78, 5) is 17.8. The van der Waals surface area contributed by atoms with Gasteiger partial charge in [0.05, 0.1) is 16.5 Å². The molecule has 232 valence electrons. The highest BCUT2D eigenvalue weighted by Crippen LogP contribution is 2.41. The first-order valence-corrected chi connectivity index (χ1v) is 14.9. The lowest BCUT2D eigenvalue weighted by molar-refractivity contribution is 0.108. The molecule has 2 aromatic carbocycles. The van der Waals surface area contributed by atoms with Crippen molar-refractivity contribution in [1.29, 1.82) is 0 Å². The molecule has 0 aliphatic carbocycles. The van der Waals surface area contributed by atoms with Crippen molar-refractivity contribution >= 4 is 27.5 Å². The molecule has 2 aromatic heterocycles. The van der Waals surface area contributed by atoms with E-state index in [9.17, 15) is 18.3 Å². The third-order valence-electron chi connectivity index (χ3n) is 9.21. The summed E-state index contributed by atoms with van der Waals surface area (Å²) >= 11 is 0. The summed E-state index contributed by atoms with van der Waals surface area (Å²) in [5.41, 5.74) is -0.423. The molecule has 0 bridgehead atoms. The molecule has 1 unspecified atom stereocenters. The Morgan fingerprint density at radius 2 is 1.96 bits per heavy atom. The largest absolute Gasteiger partial charge is 0.508 e. The molecule has 0 amide bonds. The first kappa shape index (κ1) is 29.3. The second kappa shape index (κ2) is 11.5. The van der Waals surface area contributed by atoms with Gasteiger partial charge in [0.25, 0.3) is 6.08 Å². The Hall–Kier alpha value is -4.47. The summed E-state index contributed by atoms with van der Waals surface area (Å²) in [6.45, 7) is 3.27. The van der Waals surface area contributed by atoms with Gasteiger partial charge in [-0.1, -0.05) is 12.0 Å². The normalized spacial score (nSPS) is 19.5. The Kier molecular flexibility index (Phi) is 7.46. The molecular weight excluding hydrogens is 588 g/mol. The third kappa shape index (κ3) is 5.19. The summed E-state index contributed by atoms with van der Waals surface area (Å²) in [6, 6.07) is 4.63. The molecule has 3 aliphatic heterocycles. The van der Waals surface area contributed by atoms with Crippen LogP contribution in [0.25, 0.3) is 32.9 Å². The lowest BCUT2D eigenvalue weighted by Crippen LogP contribution is -2.50. The number of aromatic hydroxyl groups is 1. The highest BCUT2D eigenvalue weighted by Gasteiger charge is 2.45. The molecule has 3 aliphatic rings. The Balaban J connectivity index is 1.38. The van der Waals surface area contributed by atoms with Gasteiger partial charge in [0, 0.05) is 42.8 Å². The van der Waals surface area contributed by atoms with E-state index in [2.05, 4.69) is 31.1 Å². The summed E-state index contributed by atoms with van der Waals surface area (Å²) in [5, 5.41) is 14.4. The van der Waals surface area contributed by atoms with Crippen molar-refractivity contribution in [3.63, 3.8) is 0 Å². The molecule has 3 fully saturated rings. The fourth-order valence-corrected chi connectivity index (χ4v) is 7.16. The van der Waals surface area contributed by atoms with Gasteiger partial charge in [0.1, 0.15) is 35.2 Å². The van der Waals surface area contributed by atoms with Gasteiger partial charge in [0.2, 0.25) is 0 Å². The van der Waals surface area contributed by atoms with Gasteiger partial charge < -0.3 is 20.1 Å². The summed E-state index contributed by atoms with van der Waals surface area (Å²) < 4.78 is 64.0. The van der Waals surface area contributed by atoms with E-state index in [0.717, 1.165) is 44.8 Å². The standard InChI is InChI=1S/C33H30F4N6O2/c1-2-22-25(34)6-5-19-13-21(44)15-23(27(19)22)29-28(37)30-24(16-39-29)31(42-12-9-38-20(17-42)14-26(35)36)41-32(40-30)45-18-33-7-3-10-43(33)11-4-8-33/h1,5-6,13-16,20,38,44H,3-4,7-12,17-18H2. The van der Waals surface area contributed by atoms with Crippen LogP contribution in [0, 0.1) is 24.0 Å². The number of piperazine rings is 1. The van der Waals surface area contributed by atoms with E-state index in [-0.39, 0.29) is 57.0 Å². The molecule has 4 aromatic rings. The molecule has 0 saturated carbocycles. The fourth-order valence-electron chi connectivity index (χ4n) is 7.16. The van der Waals surface area contributed by atoms with E-state index in [0.29, 0.717) is 30.9 Å². The van der Waals surface area contributed by atoms with Crippen molar-refractivity contribution in [2.75, 3.05) is 44.2 Å². The Labute approximate surface area is 256 Å². The van der Waals surface area contributed by atoms with Crippen molar-refractivity contribution in [2.45, 2.75) is 37.3 Å². The number of aromatic nitrogens is 3. The predicted octanol–water partition coefficient (Wildman–Crippen LogP) is 5.38. The van der Waals surface area contributed by atoms with Crippen LogP contribution in [-0.2, 0) is 0 Å². The number of fused-ring (bicyclic) bond motifs is 3. The highest BCUT2D eigenvalue weighted by molar-refractivity contribution is 6.03. The van der Waals surface area contributed by atoms with E-state index in [1.54, 1.807) is 4.90 Å². The van der Waals surface area contributed by atoms with Crippen molar-refractivity contribution in [1.82, 2.24) is 25.2 Å². The van der Waals surface area contributed by atoms with Crippen LogP contribution in [-0.4, -0.2) is 75.9 Å². The van der Waals surface area contributed by atoms with Crippen LogP contribution in [0.15, 0.2) is 42.6 Å². The zero-order valence-corrected chi connectivity index (χ0v) is 24.3. The number of halogens is 4. The molecule has 3 saturated heterocycles. The Morgan fingerprint density at radius 3 is 2.71 bits per heavy atom.